The van der Waals surface area contributed by atoms with Crippen molar-refractivity contribution in [3.8, 4) is 0 Å². The molecule has 0 aliphatic carbocycles. The van der Waals surface area contributed by atoms with Gasteiger partial charge in [0.2, 0.25) is 15.9 Å². The summed E-state index contributed by atoms with van der Waals surface area (Å²) < 4.78 is 30.9. The van der Waals surface area contributed by atoms with Crippen molar-refractivity contribution < 1.29 is 27.9 Å². The Bertz CT molecular complexity index is 478. The van der Waals surface area contributed by atoms with Crippen LogP contribution in [0.25, 0.3) is 0 Å². The van der Waals surface area contributed by atoms with E-state index in [4.69, 9.17) is 9.84 Å². The van der Waals surface area contributed by atoms with Crippen LogP contribution in [-0.2, 0) is 24.3 Å². The second kappa shape index (κ2) is 7.71. The van der Waals surface area contributed by atoms with Crippen molar-refractivity contribution >= 4 is 21.9 Å². The average molecular weight is 322 g/mol. The number of carboxylic acid groups (broad SMARTS) is 1. The lowest BCUT2D eigenvalue weighted by Crippen LogP contribution is -2.53. The molecule has 0 aromatic carbocycles. The molecule has 0 bridgehead atoms. The number of carboxylic acids is 1. The molecule has 0 saturated carbocycles. The van der Waals surface area contributed by atoms with Crippen molar-refractivity contribution in [2.75, 3.05) is 25.4 Å². The van der Waals surface area contributed by atoms with Gasteiger partial charge in [-0.3, -0.25) is 9.59 Å². The normalized spacial score (nSPS) is 21.0. The highest BCUT2D eigenvalue weighted by atomic mass is 32.2. The minimum Gasteiger partial charge on any atom is -0.481 e. The Morgan fingerprint density at radius 2 is 2.14 bits per heavy atom. The van der Waals surface area contributed by atoms with Gasteiger partial charge in [-0.05, 0) is 13.3 Å². The highest BCUT2D eigenvalue weighted by molar-refractivity contribution is 7.89. The molecule has 2 N–H and O–H groups in total. The molecule has 2 unspecified atom stereocenters. The molecule has 1 heterocycles. The number of nitrogens with one attached hydrogen (secondary N) is 1. The van der Waals surface area contributed by atoms with Gasteiger partial charge in [0.05, 0.1) is 30.9 Å². The Hall–Kier alpha value is -1.19. The van der Waals surface area contributed by atoms with E-state index in [9.17, 15) is 18.0 Å². The van der Waals surface area contributed by atoms with Crippen molar-refractivity contribution in [1.29, 1.82) is 0 Å². The van der Waals surface area contributed by atoms with Crippen LogP contribution in [0.2, 0.25) is 0 Å². The third-order valence-electron chi connectivity index (χ3n) is 3.05. The Morgan fingerprint density at radius 1 is 1.48 bits per heavy atom. The molecule has 1 fully saturated rings. The number of sulfonamides is 1. The molecule has 0 aromatic heterocycles. The molecule has 0 spiro atoms. The zero-order valence-electron chi connectivity index (χ0n) is 12.2. The summed E-state index contributed by atoms with van der Waals surface area (Å²) in [4.78, 5) is 24.3. The summed E-state index contributed by atoms with van der Waals surface area (Å²) >= 11 is 0. The van der Waals surface area contributed by atoms with Gasteiger partial charge in [0, 0.05) is 13.1 Å². The number of hydrogen-bond donors (Lipinski definition) is 2. The first-order chi connectivity index (χ1) is 9.75. The summed E-state index contributed by atoms with van der Waals surface area (Å²) in [6.07, 6.45) is -0.270. The molecule has 0 aromatic rings. The molecule has 9 heteroatoms. The molecule has 1 rings (SSSR count). The number of amides is 1. The van der Waals surface area contributed by atoms with Crippen LogP contribution in [-0.4, -0.2) is 67.9 Å². The van der Waals surface area contributed by atoms with Gasteiger partial charge >= 0.3 is 5.97 Å². The van der Waals surface area contributed by atoms with Gasteiger partial charge in [0.15, 0.2) is 0 Å². The van der Waals surface area contributed by atoms with Crippen LogP contribution in [0.1, 0.15) is 26.7 Å². The van der Waals surface area contributed by atoms with Crippen molar-refractivity contribution in [2.45, 2.75) is 38.8 Å². The van der Waals surface area contributed by atoms with Gasteiger partial charge in [0.1, 0.15) is 0 Å². The monoisotopic (exact) mass is 322 g/mol. The molecule has 8 nitrogen and oxygen atoms in total. The van der Waals surface area contributed by atoms with Gasteiger partial charge in [-0.1, -0.05) is 6.92 Å². The molecule has 1 aliphatic rings. The first-order valence-corrected chi connectivity index (χ1v) is 8.52. The summed E-state index contributed by atoms with van der Waals surface area (Å²) in [5, 5.41) is 8.74. The van der Waals surface area contributed by atoms with E-state index in [1.165, 1.54) is 11.8 Å². The van der Waals surface area contributed by atoms with E-state index >= 15 is 0 Å². The van der Waals surface area contributed by atoms with Crippen LogP contribution in [0.3, 0.4) is 0 Å². The number of carbonyl (C=O) groups excluding carboxylic acids is 1. The summed E-state index contributed by atoms with van der Waals surface area (Å²) in [5.41, 5.74) is 0. The lowest BCUT2D eigenvalue weighted by atomic mass is 10.2. The van der Waals surface area contributed by atoms with E-state index in [1.807, 2.05) is 0 Å². The van der Waals surface area contributed by atoms with Crippen LogP contribution >= 0.6 is 0 Å². The Balaban J connectivity index is 2.59. The van der Waals surface area contributed by atoms with Gasteiger partial charge in [-0.25, -0.2) is 13.1 Å². The molecule has 1 amide bonds. The third-order valence-corrected chi connectivity index (χ3v) is 4.71. The topological polar surface area (TPSA) is 113 Å². The number of aliphatic carboxylic acids is 1. The van der Waals surface area contributed by atoms with Crippen LogP contribution in [0.5, 0.6) is 0 Å². The summed E-state index contributed by atoms with van der Waals surface area (Å²) in [5.74, 6) is -1.39. The number of hydrogen-bond acceptors (Lipinski definition) is 5. The van der Waals surface area contributed by atoms with E-state index in [2.05, 4.69) is 4.72 Å². The summed E-state index contributed by atoms with van der Waals surface area (Å²) in [6.45, 7) is 3.96. The fourth-order valence-electron chi connectivity index (χ4n) is 2.16. The quantitative estimate of drug-likeness (QED) is 0.647. The molecular formula is C12H22N2O6S. The zero-order chi connectivity index (χ0) is 16.0. The molecule has 1 saturated heterocycles. The largest absolute Gasteiger partial charge is 0.481 e. The maximum Gasteiger partial charge on any atom is 0.306 e. The third kappa shape index (κ3) is 5.98. The zero-order valence-corrected chi connectivity index (χ0v) is 13.1. The Labute approximate surface area is 124 Å². The van der Waals surface area contributed by atoms with Crippen LogP contribution in [0.4, 0.5) is 0 Å². The number of ether oxygens (including phenoxy) is 1. The minimum atomic E-state index is -3.47. The first kappa shape index (κ1) is 17.9. The molecule has 2 atom stereocenters. The first-order valence-electron chi connectivity index (χ1n) is 6.87. The van der Waals surface area contributed by atoms with Gasteiger partial charge in [-0.2, -0.15) is 0 Å². The maximum atomic E-state index is 12.2. The molecular weight excluding hydrogens is 300 g/mol. The van der Waals surface area contributed by atoms with Crippen LogP contribution in [0, 0.1) is 0 Å². The van der Waals surface area contributed by atoms with Crippen LogP contribution in [0.15, 0.2) is 0 Å². The standard InChI is InChI=1S/C12H22N2O6S/c1-3-6-21(18,19)13-9(2)12(17)14-4-5-20-10(8-14)7-11(15)16/h9-10,13H,3-8H2,1-2H3,(H,15,16). The molecule has 1 aliphatic heterocycles. The highest BCUT2D eigenvalue weighted by Gasteiger charge is 2.30. The Morgan fingerprint density at radius 3 is 2.71 bits per heavy atom. The second-order valence-electron chi connectivity index (χ2n) is 5.03. The van der Waals surface area contributed by atoms with E-state index in [0.29, 0.717) is 13.0 Å². The van der Waals surface area contributed by atoms with Crippen molar-refractivity contribution in [3.63, 3.8) is 0 Å². The lowest BCUT2D eigenvalue weighted by Gasteiger charge is -2.34. The van der Waals surface area contributed by atoms with Crippen molar-refractivity contribution in [3.05, 3.63) is 0 Å². The molecule has 0 radical (unpaired) electrons. The average Bonchev–Trinajstić information content (AvgIpc) is 2.36. The van der Waals surface area contributed by atoms with Gasteiger partial charge in [-0.15, -0.1) is 0 Å². The van der Waals surface area contributed by atoms with E-state index in [1.54, 1.807) is 6.92 Å². The molecule has 122 valence electrons. The summed E-state index contributed by atoms with van der Waals surface area (Å²) in [7, 11) is -3.47. The number of carbonyl (C=O) groups is 2. The highest BCUT2D eigenvalue weighted by Crippen LogP contribution is 2.10. The smallest absolute Gasteiger partial charge is 0.306 e. The summed E-state index contributed by atoms with van der Waals surface area (Å²) in [6, 6.07) is -0.870. The van der Waals surface area contributed by atoms with Gasteiger partial charge < -0.3 is 14.7 Å². The maximum absolute atomic E-state index is 12.2. The molecule has 21 heavy (non-hydrogen) atoms. The predicted molar refractivity (Wildman–Crippen MR) is 75.2 cm³/mol. The van der Waals surface area contributed by atoms with Crippen LogP contribution < -0.4 is 4.72 Å². The van der Waals surface area contributed by atoms with Crippen molar-refractivity contribution in [1.82, 2.24) is 9.62 Å². The van der Waals surface area contributed by atoms with Crippen molar-refractivity contribution in [2.24, 2.45) is 0 Å². The predicted octanol–water partition coefficient (Wildman–Crippen LogP) is -0.594. The lowest BCUT2D eigenvalue weighted by molar-refractivity contribution is -0.148. The van der Waals surface area contributed by atoms with E-state index in [-0.39, 0.29) is 31.2 Å². The number of morpholine rings is 1. The number of nitrogens with zero attached hydrogens (tertiary/aromatic N) is 1. The minimum absolute atomic E-state index is 0.0324. The van der Waals surface area contributed by atoms with E-state index < -0.39 is 28.1 Å². The number of rotatable bonds is 7. The van der Waals surface area contributed by atoms with E-state index in [0.717, 1.165) is 0 Å². The fourth-order valence-corrected chi connectivity index (χ4v) is 3.45. The fraction of sp³-hybridized carbons (Fsp3) is 0.833. The SMILES string of the molecule is CCCS(=O)(=O)NC(C)C(=O)N1CCOC(CC(=O)O)C1. The Kier molecular flexibility index (Phi) is 6.56. The van der Waals surface area contributed by atoms with Gasteiger partial charge in [0.25, 0.3) is 0 Å². The second-order valence-corrected chi connectivity index (χ2v) is 6.91.